The zero-order valence-electron chi connectivity index (χ0n) is 12.8. The molecule has 1 aromatic carbocycles. The first-order valence-electron chi connectivity index (χ1n) is 7.50. The van der Waals surface area contributed by atoms with Crippen LogP contribution in [0.3, 0.4) is 0 Å². The van der Waals surface area contributed by atoms with E-state index in [1.165, 1.54) is 5.56 Å². The number of nitrogens with one attached hydrogen (secondary N) is 1. The van der Waals surface area contributed by atoms with Crippen LogP contribution in [0.2, 0.25) is 0 Å². The summed E-state index contributed by atoms with van der Waals surface area (Å²) in [5, 5.41) is 13.3. The first kappa shape index (κ1) is 15.3. The molecule has 110 valence electrons. The highest BCUT2D eigenvalue weighted by molar-refractivity contribution is 5.81. The number of aromatic nitrogens is 1. The standard InChI is InChI=1S/C17H22N4/c1-3-19-17-15(13-21(4-2)11-7-10-18)12-14-8-5-6-9-16(14)20-17/h5-6,8-9,12H,3-4,7,11,13H2,1-2H3,(H,19,20). The number of hydrogen-bond acceptors (Lipinski definition) is 4. The van der Waals surface area contributed by atoms with Crippen LogP contribution in [-0.4, -0.2) is 29.5 Å². The minimum absolute atomic E-state index is 0.561. The lowest BCUT2D eigenvalue weighted by Crippen LogP contribution is -2.24. The molecular formula is C17H22N4. The Morgan fingerprint density at radius 1 is 1.29 bits per heavy atom. The zero-order valence-corrected chi connectivity index (χ0v) is 12.8. The maximum Gasteiger partial charge on any atom is 0.131 e. The van der Waals surface area contributed by atoms with Crippen molar-refractivity contribution in [2.75, 3.05) is 25.0 Å². The van der Waals surface area contributed by atoms with Gasteiger partial charge < -0.3 is 5.32 Å². The van der Waals surface area contributed by atoms with Crippen LogP contribution in [0, 0.1) is 11.3 Å². The van der Waals surface area contributed by atoms with Crippen molar-refractivity contribution in [3.8, 4) is 6.07 Å². The van der Waals surface area contributed by atoms with E-state index in [4.69, 9.17) is 10.2 Å². The van der Waals surface area contributed by atoms with Crippen LogP contribution >= 0.6 is 0 Å². The summed E-state index contributed by atoms with van der Waals surface area (Å²) in [6, 6.07) is 12.6. The predicted octanol–water partition coefficient (Wildman–Crippen LogP) is 3.40. The molecule has 1 heterocycles. The third kappa shape index (κ3) is 3.93. The van der Waals surface area contributed by atoms with E-state index in [-0.39, 0.29) is 0 Å². The predicted molar refractivity (Wildman–Crippen MR) is 87.1 cm³/mol. The molecule has 2 aromatic rings. The van der Waals surface area contributed by atoms with Crippen molar-refractivity contribution >= 4 is 16.7 Å². The van der Waals surface area contributed by atoms with E-state index < -0.39 is 0 Å². The summed E-state index contributed by atoms with van der Waals surface area (Å²) < 4.78 is 0. The highest BCUT2D eigenvalue weighted by atomic mass is 15.1. The van der Waals surface area contributed by atoms with Gasteiger partial charge >= 0.3 is 0 Å². The number of para-hydroxylation sites is 1. The molecule has 21 heavy (non-hydrogen) atoms. The van der Waals surface area contributed by atoms with Gasteiger partial charge in [0.2, 0.25) is 0 Å². The van der Waals surface area contributed by atoms with Gasteiger partial charge in [-0.05, 0) is 25.6 Å². The van der Waals surface area contributed by atoms with Gasteiger partial charge in [-0.25, -0.2) is 4.98 Å². The number of nitriles is 1. The normalized spacial score (nSPS) is 10.8. The molecule has 4 nitrogen and oxygen atoms in total. The second-order valence-electron chi connectivity index (χ2n) is 5.00. The molecule has 1 N–H and O–H groups in total. The summed E-state index contributed by atoms with van der Waals surface area (Å²) in [7, 11) is 0. The molecule has 0 bridgehead atoms. The molecular weight excluding hydrogens is 260 g/mol. The third-order valence-corrected chi connectivity index (χ3v) is 3.53. The summed E-state index contributed by atoms with van der Waals surface area (Å²) in [4.78, 5) is 7.00. The molecule has 0 fully saturated rings. The molecule has 4 heteroatoms. The van der Waals surface area contributed by atoms with Crippen LogP contribution in [-0.2, 0) is 6.54 Å². The smallest absolute Gasteiger partial charge is 0.131 e. The van der Waals surface area contributed by atoms with E-state index in [2.05, 4.69) is 42.3 Å². The molecule has 0 saturated heterocycles. The van der Waals surface area contributed by atoms with Crippen molar-refractivity contribution in [2.45, 2.75) is 26.8 Å². The molecule has 0 atom stereocenters. The quantitative estimate of drug-likeness (QED) is 0.845. The highest BCUT2D eigenvalue weighted by Crippen LogP contribution is 2.22. The molecule has 0 radical (unpaired) electrons. The number of nitrogens with zero attached hydrogens (tertiary/aromatic N) is 3. The first-order valence-corrected chi connectivity index (χ1v) is 7.50. The van der Waals surface area contributed by atoms with Crippen molar-refractivity contribution in [1.29, 1.82) is 5.26 Å². The van der Waals surface area contributed by atoms with E-state index in [1.54, 1.807) is 0 Å². The van der Waals surface area contributed by atoms with E-state index in [0.29, 0.717) is 6.42 Å². The van der Waals surface area contributed by atoms with Gasteiger partial charge in [0.05, 0.1) is 11.6 Å². The minimum Gasteiger partial charge on any atom is -0.370 e. The number of benzene rings is 1. The second-order valence-corrected chi connectivity index (χ2v) is 5.00. The molecule has 0 amide bonds. The topological polar surface area (TPSA) is 52.0 Å². The van der Waals surface area contributed by atoms with Gasteiger partial charge in [0.1, 0.15) is 5.82 Å². The minimum atomic E-state index is 0.561. The Kier molecular flexibility index (Phi) is 5.53. The maximum absolute atomic E-state index is 8.76. The Morgan fingerprint density at radius 2 is 2.10 bits per heavy atom. The van der Waals surface area contributed by atoms with Gasteiger partial charge in [-0.1, -0.05) is 25.1 Å². The lowest BCUT2D eigenvalue weighted by molar-refractivity contribution is 0.287. The zero-order chi connectivity index (χ0) is 15.1. The number of fused-ring (bicyclic) bond motifs is 1. The fourth-order valence-electron chi connectivity index (χ4n) is 2.40. The molecule has 2 rings (SSSR count). The van der Waals surface area contributed by atoms with Crippen LogP contribution in [0.25, 0.3) is 10.9 Å². The van der Waals surface area contributed by atoms with Crippen molar-refractivity contribution in [3.63, 3.8) is 0 Å². The second kappa shape index (κ2) is 7.61. The number of anilines is 1. The van der Waals surface area contributed by atoms with Crippen LogP contribution in [0.15, 0.2) is 30.3 Å². The lowest BCUT2D eigenvalue weighted by Gasteiger charge is -2.21. The largest absolute Gasteiger partial charge is 0.370 e. The average molecular weight is 282 g/mol. The van der Waals surface area contributed by atoms with Gasteiger partial charge in [-0.15, -0.1) is 0 Å². The van der Waals surface area contributed by atoms with Crippen LogP contribution < -0.4 is 5.32 Å². The molecule has 0 aliphatic heterocycles. The third-order valence-electron chi connectivity index (χ3n) is 3.53. The average Bonchev–Trinajstić information content (AvgIpc) is 2.52. The molecule has 0 aliphatic rings. The van der Waals surface area contributed by atoms with Crippen molar-refractivity contribution in [3.05, 3.63) is 35.9 Å². The fourth-order valence-corrected chi connectivity index (χ4v) is 2.40. The van der Waals surface area contributed by atoms with E-state index in [9.17, 15) is 0 Å². The van der Waals surface area contributed by atoms with Gasteiger partial charge in [0, 0.05) is 37.0 Å². The van der Waals surface area contributed by atoms with Gasteiger partial charge in [0.25, 0.3) is 0 Å². The molecule has 1 aromatic heterocycles. The molecule has 0 unspecified atom stereocenters. The molecule has 0 aliphatic carbocycles. The fraction of sp³-hybridized carbons (Fsp3) is 0.412. The molecule has 0 saturated carbocycles. The number of rotatable bonds is 7. The maximum atomic E-state index is 8.76. The first-order chi connectivity index (χ1) is 10.3. The Labute approximate surface area is 126 Å². The van der Waals surface area contributed by atoms with Gasteiger partial charge in [-0.3, -0.25) is 4.90 Å². The Bertz CT molecular complexity index is 630. The Balaban J connectivity index is 2.31. The van der Waals surface area contributed by atoms with Crippen LogP contribution in [0.5, 0.6) is 0 Å². The van der Waals surface area contributed by atoms with Crippen molar-refractivity contribution < 1.29 is 0 Å². The van der Waals surface area contributed by atoms with Gasteiger partial charge in [-0.2, -0.15) is 5.26 Å². The number of hydrogen-bond donors (Lipinski definition) is 1. The van der Waals surface area contributed by atoms with E-state index >= 15 is 0 Å². The Morgan fingerprint density at radius 3 is 2.81 bits per heavy atom. The van der Waals surface area contributed by atoms with Crippen LogP contribution in [0.1, 0.15) is 25.8 Å². The van der Waals surface area contributed by atoms with Crippen molar-refractivity contribution in [2.24, 2.45) is 0 Å². The van der Waals surface area contributed by atoms with E-state index in [0.717, 1.165) is 42.9 Å². The van der Waals surface area contributed by atoms with Crippen molar-refractivity contribution in [1.82, 2.24) is 9.88 Å². The summed E-state index contributed by atoms with van der Waals surface area (Å²) in [6.45, 7) is 7.60. The summed E-state index contributed by atoms with van der Waals surface area (Å²) in [5.41, 5.74) is 2.20. The van der Waals surface area contributed by atoms with E-state index in [1.807, 2.05) is 18.2 Å². The molecule has 0 spiro atoms. The highest BCUT2D eigenvalue weighted by Gasteiger charge is 2.10. The Hall–Kier alpha value is -2.12. The summed E-state index contributed by atoms with van der Waals surface area (Å²) in [5.74, 6) is 0.951. The monoisotopic (exact) mass is 282 g/mol. The summed E-state index contributed by atoms with van der Waals surface area (Å²) >= 11 is 0. The summed E-state index contributed by atoms with van der Waals surface area (Å²) in [6.07, 6.45) is 0.561. The number of pyridine rings is 1. The van der Waals surface area contributed by atoms with Gasteiger partial charge in [0.15, 0.2) is 0 Å². The van der Waals surface area contributed by atoms with Crippen LogP contribution in [0.4, 0.5) is 5.82 Å². The lowest BCUT2D eigenvalue weighted by atomic mass is 10.1. The SMILES string of the molecule is CCNc1nc2ccccc2cc1CN(CC)CCC#N.